The first-order valence-electron chi connectivity index (χ1n) is 7.88. The van der Waals surface area contributed by atoms with Crippen LogP contribution in [0.1, 0.15) is 17.5 Å². The van der Waals surface area contributed by atoms with Crippen molar-refractivity contribution in [3.05, 3.63) is 52.4 Å². The second kappa shape index (κ2) is 7.84. The number of thioether (sulfide) groups is 1. The minimum atomic E-state index is -0.0878. The van der Waals surface area contributed by atoms with E-state index in [2.05, 4.69) is 21.8 Å². The summed E-state index contributed by atoms with van der Waals surface area (Å²) in [5.74, 6) is 0.661. The molecule has 8 heteroatoms. The van der Waals surface area contributed by atoms with Crippen molar-refractivity contribution in [3.8, 4) is 5.75 Å². The van der Waals surface area contributed by atoms with Gasteiger partial charge in [0, 0.05) is 6.54 Å². The van der Waals surface area contributed by atoms with Crippen LogP contribution in [0.15, 0.2) is 46.8 Å². The minimum absolute atomic E-state index is 0.0878. The van der Waals surface area contributed by atoms with E-state index in [1.807, 2.05) is 38.1 Å². The first-order chi connectivity index (χ1) is 12.5. The third-order valence-electron chi connectivity index (χ3n) is 3.73. The predicted molar refractivity (Wildman–Crippen MR) is 107 cm³/mol. The number of aliphatic imine (C=N–C) groups is 1. The van der Waals surface area contributed by atoms with Crippen LogP contribution in [-0.4, -0.2) is 39.8 Å². The molecule has 0 spiro atoms. The Morgan fingerprint density at radius 2 is 2.23 bits per heavy atom. The number of amidine groups is 1. The number of allylic oxidation sites excluding steroid dienone is 1. The molecule has 1 saturated heterocycles. The number of amides is 1. The highest BCUT2D eigenvalue weighted by Crippen LogP contribution is 2.38. The van der Waals surface area contributed by atoms with Crippen molar-refractivity contribution in [2.45, 2.75) is 13.8 Å². The molecular formula is C18H18N4O2S2. The summed E-state index contributed by atoms with van der Waals surface area (Å²) in [6.45, 7) is 7.92. The molecule has 2 heterocycles. The van der Waals surface area contributed by atoms with Crippen molar-refractivity contribution in [2.75, 3.05) is 13.7 Å². The average molecular weight is 387 g/mol. The van der Waals surface area contributed by atoms with Crippen LogP contribution >= 0.6 is 23.1 Å². The van der Waals surface area contributed by atoms with Crippen molar-refractivity contribution in [1.29, 1.82) is 0 Å². The fourth-order valence-electron chi connectivity index (χ4n) is 2.41. The number of hydrogen-bond donors (Lipinski definition) is 0. The van der Waals surface area contributed by atoms with Gasteiger partial charge in [0.1, 0.15) is 10.8 Å². The van der Waals surface area contributed by atoms with Crippen LogP contribution in [0.4, 0.5) is 5.13 Å². The summed E-state index contributed by atoms with van der Waals surface area (Å²) in [6, 6.07) is 7.65. The molecule has 1 amide bonds. The topological polar surface area (TPSA) is 67.7 Å². The largest absolute Gasteiger partial charge is 0.497 e. The summed E-state index contributed by atoms with van der Waals surface area (Å²) in [5.41, 5.74) is 1.82. The van der Waals surface area contributed by atoms with Gasteiger partial charge in [0.05, 0.1) is 12.0 Å². The van der Waals surface area contributed by atoms with Crippen molar-refractivity contribution >= 4 is 44.9 Å². The molecule has 0 N–H and O–H groups in total. The fourth-order valence-corrected chi connectivity index (χ4v) is 4.08. The number of benzene rings is 1. The molecule has 1 aromatic carbocycles. The fraction of sp³-hybridized carbons (Fsp3) is 0.222. The molecule has 1 aliphatic rings. The van der Waals surface area contributed by atoms with Crippen LogP contribution in [0, 0.1) is 6.92 Å². The summed E-state index contributed by atoms with van der Waals surface area (Å²) in [7, 11) is 1.62. The van der Waals surface area contributed by atoms with Crippen molar-refractivity contribution < 1.29 is 9.53 Å². The number of rotatable bonds is 5. The number of carbonyl (C=O) groups is 1. The van der Waals surface area contributed by atoms with Crippen LogP contribution in [0.3, 0.4) is 0 Å². The van der Waals surface area contributed by atoms with Crippen molar-refractivity contribution in [3.63, 3.8) is 0 Å². The Labute approximate surface area is 160 Å². The molecule has 134 valence electrons. The molecule has 0 aliphatic carbocycles. The van der Waals surface area contributed by atoms with Crippen LogP contribution in [0.25, 0.3) is 5.57 Å². The smallest absolute Gasteiger partial charge is 0.267 e. The summed E-state index contributed by atoms with van der Waals surface area (Å²) in [4.78, 5) is 19.7. The molecule has 1 aliphatic heterocycles. The van der Waals surface area contributed by atoms with Gasteiger partial charge in [-0.25, -0.2) is 0 Å². The zero-order valence-corrected chi connectivity index (χ0v) is 16.4. The molecule has 0 saturated carbocycles. The molecule has 26 heavy (non-hydrogen) atoms. The summed E-state index contributed by atoms with van der Waals surface area (Å²) in [5, 5.41) is 9.94. The number of nitrogens with zero attached hydrogens (tertiary/aromatic N) is 4. The maximum absolute atomic E-state index is 12.9. The van der Waals surface area contributed by atoms with E-state index in [1.54, 1.807) is 18.1 Å². The van der Waals surface area contributed by atoms with Gasteiger partial charge in [0.15, 0.2) is 5.17 Å². The van der Waals surface area contributed by atoms with Crippen LogP contribution in [-0.2, 0) is 4.79 Å². The Balaban J connectivity index is 2.01. The number of aryl methyl sites for hydroxylation is 1. The summed E-state index contributed by atoms with van der Waals surface area (Å²) in [6.07, 6.45) is 1.68. The average Bonchev–Trinajstić information content (AvgIpc) is 3.19. The normalized spacial score (nSPS) is 17.7. The highest BCUT2D eigenvalue weighted by molar-refractivity contribution is 8.18. The number of carbonyl (C=O) groups excluding carboxylic acids is 1. The number of methoxy groups -OCH3 is 1. The molecule has 2 aromatic rings. The van der Waals surface area contributed by atoms with E-state index in [4.69, 9.17) is 4.74 Å². The Bertz CT molecular complexity index is 917. The highest BCUT2D eigenvalue weighted by atomic mass is 32.2. The molecule has 0 atom stereocenters. The Hall–Kier alpha value is -2.45. The second-order valence-electron chi connectivity index (χ2n) is 5.49. The zero-order chi connectivity index (χ0) is 18.7. The molecule has 3 rings (SSSR count). The van der Waals surface area contributed by atoms with Gasteiger partial charge in [-0.1, -0.05) is 29.5 Å². The maximum atomic E-state index is 12.9. The van der Waals surface area contributed by atoms with Crippen LogP contribution < -0.4 is 4.74 Å². The van der Waals surface area contributed by atoms with Crippen LogP contribution in [0.5, 0.6) is 5.75 Å². The third-order valence-corrected chi connectivity index (χ3v) is 5.64. The molecule has 6 nitrogen and oxygen atoms in total. The van der Waals surface area contributed by atoms with Gasteiger partial charge < -0.3 is 4.74 Å². The van der Waals surface area contributed by atoms with E-state index < -0.39 is 0 Å². The summed E-state index contributed by atoms with van der Waals surface area (Å²) >= 11 is 2.73. The SMILES string of the molecule is C=CCN1C(=O)/C(=C(\C)c2cccc(OC)c2)S/C1=N/c1nnc(C)s1. The standard InChI is InChI=1S/C18H18N4O2S2/c1-5-9-22-16(23)15(11(2)13-7-6-8-14(10-13)24-4)26-18(22)19-17-21-20-12(3)25-17/h5-8,10H,1,9H2,2-4H3/b15-11-,19-18+. The lowest BCUT2D eigenvalue weighted by Crippen LogP contribution is -2.29. The van der Waals surface area contributed by atoms with Gasteiger partial charge in [0.2, 0.25) is 5.13 Å². The Kier molecular flexibility index (Phi) is 5.53. The van der Waals surface area contributed by atoms with Crippen molar-refractivity contribution in [1.82, 2.24) is 15.1 Å². The molecule has 0 bridgehead atoms. The van der Waals surface area contributed by atoms with Gasteiger partial charge in [-0.15, -0.1) is 16.8 Å². The minimum Gasteiger partial charge on any atom is -0.497 e. The quantitative estimate of drug-likeness (QED) is 0.573. The molecular weight excluding hydrogens is 368 g/mol. The van der Waals surface area contributed by atoms with Gasteiger partial charge >= 0.3 is 0 Å². The lowest BCUT2D eigenvalue weighted by atomic mass is 10.1. The van der Waals surface area contributed by atoms with E-state index >= 15 is 0 Å². The van der Waals surface area contributed by atoms with Gasteiger partial charge in [-0.3, -0.25) is 9.69 Å². The molecule has 0 unspecified atom stereocenters. The first kappa shape index (κ1) is 18.3. The van der Waals surface area contributed by atoms with Crippen molar-refractivity contribution in [2.24, 2.45) is 4.99 Å². The van der Waals surface area contributed by atoms with E-state index in [-0.39, 0.29) is 5.91 Å². The summed E-state index contributed by atoms with van der Waals surface area (Å²) < 4.78 is 5.28. The molecule has 0 radical (unpaired) electrons. The van der Waals surface area contributed by atoms with Gasteiger partial charge in [-0.2, -0.15) is 4.99 Å². The number of aromatic nitrogens is 2. The lowest BCUT2D eigenvalue weighted by molar-refractivity contribution is -0.121. The van der Waals surface area contributed by atoms with E-state index in [9.17, 15) is 4.79 Å². The molecule has 1 fully saturated rings. The number of ether oxygens (including phenoxy) is 1. The monoisotopic (exact) mass is 386 g/mol. The van der Waals surface area contributed by atoms with Crippen LogP contribution in [0.2, 0.25) is 0 Å². The Morgan fingerprint density at radius 3 is 2.88 bits per heavy atom. The molecule has 1 aromatic heterocycles. The highest BCUT2D eigenvalue weighted by Gasteiger charge is 2.34. The third kappa shape index (κ3) is 3.71. The predicted octanol–water partition coefficient (Wildman–Crippen LogP) is 4.04. The number of hydrogen-bond acceptors (Lipinski definition) is 7. The van der Waals surface area contributed by atoms with E-state index in [0.717, 1.165) is 21.9 Å². The van der Waals surface area contributed by atoms with Gasteiger partial charge in [0.25, 0.3) is 5.91 Å². The Morgan fingerprint density at radius 1 is 1.42 bits per heavy atom. The van der Waals surface area contributed by atoms with E-state index in [1.165, 1.54) is 23.1 Å². The maximum Gasteiger partial charge on any atom is 0.267 e. The lowest BCUT2D eigenvalue weighted by Gasteiger charge is -2.12. The second-order valence-corrected chi connectivity index (χ2v) is 7.63. The first-order valence-corrected chi connectivity index (χ1v) is 9.51. The van der Waals surface area contributed by atoms with Gasteiger partial charge in [-0.05, 0) is 48.9 Å². The zero-order valence-electron chi connectivity index (χ0n) is 14.7. The van der Waals surface area contributed by atoms with E-state index in [0.29, 0.717) is 21.7 Å².